The van der Waals surface area contributed by atoms with Gasteiger partial charge in [-0.15, -0.1) is 0 Å². The van der Waals surface area contributed by atoms with E-state index in [1.165, 1.54) is 5.56 Å². The Labute approximate surface area is 117 Å². The fraction of sp³-hybridized carbons (Fsp3) is 0.667. The first-order valence-electron chi connectivity index (χ1n) is 7.05. The van der Waals surface area contributed by atoms with Crippen LogP contribution >= 0.6 is 0 Å². The number of ether oxygens (including phenoxy) is 1. The van der Waals surface area contributed by atoms with E-state index in [4.69, 9.17) is 10.5 Å². The topological polar surface area (TPSA) is 51.4 Å². The lowest BCUT2D eigenvalue weighted by Crippen LogP contribution is -2.37. The zero-order valence-electron chi connectivity index (χ0n) is 12.6. The minimum Gasteiger partial charge on any atom is -0.383 e. The molecule has 0 saturated heterocycles. The van der Waals surface area contributed by atoms with E-state index in [9.17, 15) is 0 Å². The standard InChI is InChI=1S/C15H27N3O/c1-5-13(3)18(9-10-19-4)15-14(11-12(2)16)7-6-8-17-15/h6-8,12-13H,5,9-11,16H2,1-4H3. The Morgan fingerprint density at radius 3 is 2.74 bits per heavy atom. The molecular formula is C15H27N3O. The van der Waals surface area contributed by atoms with Gasteiger partial charge in [0.2, 0.25) is 0 Å². The van der Waals surface area contributed by atoms with Crippen molar-refractivity contribution in [3.8, 4) is 0 Å². The molecule has 1 aromatic heterocycles. The number of nitrogens with zero attached hydrogens (tertiary/aromatic N) is 2. The van der Waals surface area contributed by atoms with Crippen molar-refractivity contribution in [2.45, 2.75) is 45.7 Å². The monoisotopic (exact) mass is 265 g/mol. The zero-order chi connectivity index (χ0) is 14.3. The highest BCUT2D eigenvalue weighted by atomic mass is 16.5. The van der Waals surface area contributed by atoms with Gasteiger partial charge in [0.05, 0.1) is 6.61 Å². The van der Waals surface area contributed by atoms with Gasteiger partial charge in [-0.05, 0) is 38.3 Å². The lowest BCUT2D eigenvalue weighted by molar-refractivity contribution is 0.203. The number of pyridine rings is 1. The van der Waals surface area contributed by atoms with Gasteiger partial charge in [0.15, 0.2) is 0 Å². The van der Waals surface area contributed by atoms with Gasteiger partial charge in [-0.3, -0.25) is 0 Å². The van der Waals surface area contributed by atoms with Gasteiger partial charge in [0, 0.05) is 31.9 Å². The molecule has 108 valence electrons. The molecule has 0 aliphatic heterocycles. The van der Waals surface area contributed by atoms with Crippen molar-refractivity contribution in [3.05, 3.63) is 23.9 Å². The Bertz CT molecular complexity index is 368. The molecule has 4 nitrogen and oxygen atoms in total. The minimum absolute atomic E-state index is 0.143. The molecule has 0 spiro atoms. The second kappa shape index (κ2) is 8.12. The molecule has 4 heteroatoms. The minimum atomic E-state index is 0.143. The molecule has 0 aliphatic carbocycles. The fourth-order valence-corrected chi connectivity index (χ4v) is 2.14. The summed E-state index contributed by atoms with van der Waals surface area (Å²) in [4.78, 5) is 6.89. The normalized spacial score (nSPS) is 14.2. The molecule has 0 aromatic carbocycles. The smallest absolute Gasteiger partial charge is 0.132 e. The van der Waals surface area contributed by atoms with Crippen molar-refractivity contribution in [1.82, 2.24) is 4.98 Å². The number of anilines is 1. The van der Waals surface area contributed by atoms with Crippen LogP contribution in [-0.2, 0) is 11.2 Å². The van der Waals surface area contributed by atoms with Crippen LogP contribution in [0, 0.1) is 0 Å². The zero-order valence-corrected chi connectivity index (χ0v) is 12.6. The number of hydrogen-bond acceptors (Lipinski definition) is 4. The fourth-order valence-electron chi connectivity index (χ4n) is 2.14. The van der Waals surface area contributed by atoms with E-state index in [2.05, 4.69) is 29.8 Å². The molecular weight excluding hydrogens is 238 g/mol. The molecule has 0 fully saturated rings. The predicted molar refractivity (Wildman–Crippen MR) is 80.6 cm³/mol. The van der Waals surface area contributed by atoms with E-state index in [-0.39, 0.29) is 6.04 Å². The average molecular weight is 265 g/mol. The van der Waals surface area contributed by atoms with Crippen LogP contribution in [0.4, 0.5) is 5.82 Å². The molecule has 0 saturated carbocycles. The number of aromatic nitrogens is 1. The maximum absolute atomic E-state index is 5.93. The number of nitrogens with two attached hydrogens (primary N) is 1. The number of methoxy groups -OCH3 is 1. The molecule has 1 rings (SSSR count). The third kappa shape index (κ3) is 4.80. The number of hydrogen-bond donors (Lipinski definition) is 1. The van der Waals surface area contributed by atoms with Gasteiger partial charge in [0.1, 0.15) is 5.82 Å². The second-order valence-corrected chi connectivity index (χ2v) is 5.11. The second-order valence-electron chi connectivity index (χ2n) is 5.11. The molecule has 0 aliphatic rings. The van der Waals surface area contributed by atoms with E-state index in [1.54, 1.807) is 7.11 Å². The summed E-state index contributed by atoms with van der Waals surface area (Å²) in [5.41, 5.74) is 7.15. The van der Waals surface area contributed by atoms with Gasteiger partial charge in [-0.1, -0.05) is 13.0 Å². The van der Waals surface area contributed by atoms with E-state index in [1.807, 2.05) is 19.2 Å². The Hall–Kier alpha value is -1.13. The van der Waals surface area contributed by atoms with Gasteiger partial charge >= 0.3 is 0 Å². The first-order chi connectivity index (χ1) is 9.10. The van der Waals surface area contributed by atoms with E-state index in [0.717, 1.165) is 25.2 Å². The van der Waals surface area contributed by atoms with E-state index < -0.39 is 0 Å². The summed E-state index contributed by atoms with van der Waals surface area (Å²) in [7, 11) is 1.73. The Morgan fingerprint density at radius 1 is 1.42 bits per heavy atom. The summed E-state index contributed by atoms with van der Waals surface area (Å²) in [5.74, 6) is 1.05. The lowest BCUT2D eigenvalue weighted by atomic mass is 10.1. The van der Waals surface area contributed by atoms with Crippen molar-refractivity contribution >= 4 is 5.82 Å². The van der Waals surface area contributed by atoms with Crippen LogP contribution in [0.5, 0.6) is 0 Å². The van der Waals surface area contributed by atoms with Gasteiger partial charge in [-0.25, -0.2) is 4.98 Å². The molecule has 2 atom stereocenters. The maximum atomic E-state index is 5.93. The third-order valence-electron chi connectivity index (χ3n) is 3.34. The molecule has 0 radical (unpaired) electrons. The Kier molecular flexibility index (Phi) is 6.81. The molecule has 2 unspecified atom stereocenters. The molecule has 0 bridgehead atoms. The van der Waals surface area contributed by atoms with Crippen molar-refractivity contribution in [3.63, 3.8) is 0 Å². The van der Waals surface area contributed by atoms with Crippen molar-refractivity contribution in [2.75, 3.05) is 25.2 Å². The van der Waals surface area contributed by atoms with Crippen LogP contribution in [0.3, 0.4) is 0 Å². The quantitative estimate of drug-likeness (QED) is 0.783. The van der Waals surface area contributed by atoms with E-state index >= 15 is 0 Å². The summed E-state index contributed by atoms with van der Waals surface area (Å²) in [5, 5.41) is 0. The lowest BCUT2D eigenvalue weighted by Gasteiger charge is -2.31. The van der Waals surface area contributed by atoms with Crippen LogP contribution in [0.15, 0.2) is 18.3 Å². The molecule has 1 aromatic rings. The number of rotatable bonds is 8. The van der Waals surface area contributed by atoms with Gasteiger partial charge < -0.3 is 15.4 Å². The SMILES string of the molecule is CCC(C)N(CCOC)c1ncccc1CC(C)N. The summed E-state index contributed by atoms with van der Waals surface area (Å²) >= 11 is 0. The first-order valence-corrected chi connectivity index (χ1v) is 7.05. The largest absolute Gasteiger partial charge is 0.383 e. The first kappa shape index (κ1) is 15.9. The Balaban J connectivity index is 2.99. The van der Waals surface area contributed by atoms with Crippen molar-refractivity contribution in [1.29, 1.82) is 0 Å². The van der Waals surface area contributed by atoms with Crippen LogP contribution < -0.4 is 10.6 Å². The molecule has 2 N–H and O–H groups in total. The average Bonchev–Trinajstić information content (AvgIpc) is 2.39. The summed E-state index contributed by atoms with van der Waals surface area (Å²) in [6.07, 6.45) is 3.78. The summed E-state index contributed by atoms with van der Waals surface area (Å²) in [6, 6.07) is 4.68. The third-order valence-corrected chi connectivity index (χ3v) is 3.34. The van der Waals surface area contributed by atoms with Crippen molar-refractivity contribution < 1.29 is 4.74 Å². The summed E-state index contributed by atoms with van der Waals surface area (Å²) < 4.78 is 5.22. The Morgan fingerprint density at radius 2 is 2.16 bits per heavy atom. The predicted octanol–water partition coefficient (Wildman–Crippen LogP) is 2.22. The summed E-state index contributed by atoms with van der Waals surface area (Å²) in [6.45, 7) is 8.01. The van der Waals surface area contributed by atoms with Gasteiger partial charge in [0.25, 0.3) is 0 Å². The maximum Gasteiger partial charge on any atom is 0.132 e. The highest BCUT2D eigenvalue weighted by Crippen LogP contribution is 2.21. The van der Waals surface area contributed by atoms with Crippen LogP contribution in [0.25, 0.3) is 0 Å². The molecule has 0 amide bonds. The molecule has 1 heterocycles. The highest BCUT2D eigenvalue weighted by Gasteiger charge is 2.17. The van der Waals surface area contributed by atoms with Crippen LogP contribution in [0.1, 0.15) is 32.8 Å². The highest BCUT2D eigenvalue weighted by molar-refractivity contribution is 5.48. The van der Waals surface area contributed by atoms with Crippen LogP contribution in [-0.4, -0.2) is 37.3 Å². The van der Waals surface area contributed by atoms with Crippen LogP contribution in [0.2, 0.25) is 0 Å². The van der Waals surface area contributed by atoms with E-state index in [0.29, 0.717) is 12.6 Å². The van der Waals surface area contributed by atoms with Gasteiger partial charge in [-0.2, -0.15) is 0 Å². The van der Waals surface area contributed by atoms with Crippen molar-refractivity contribution in [2.24, 2.45) is 5.73 Å². The molecule has 19 heavy (non-hydrogen) atoms.